The molecule has 0 aromatic rings. The summed E-state index contributed by atoms with van der Waals surface area (Å²) in [5.74, 6) is 0. The highest BCUT2D eigenvalue weighted by Crippen LogP contribution is 2.14. The lowest BCUT2D eigenvalue weighted by molar-refractivity contribution is -0.561. The van der Waals surface area contributed by atoms with Crippen LogP contribution in [-0.2, 0) is 0 Å². The monoisotopic (exact) mass is 203 g/mol. The average molecular weight is 203 g/mol. The highest BCUT2D eigenvalue weighted by Gasteiger charge is 2.29. The lowest BCUT2D eigenvalue weighted by Gasteiger charge is -2.15. The van der Waals surface area contributed by atoms with Crippen molar-refractivity contribution in [3.05, 3.63) is 10.1 Å². The van der Waals surface area contributed by atoms with Crippen LogP contribution >= 0.6 is 0 Å². The summed E-state index contributed by atoms with van der Waals surface area (Å²) in [5.41, 5.74) is -0.787. The molecule has 0 aliphatic heterocycles. The quantitative estimate of drug-likeness (QED) is 0.345. The van der Waals surface area contributed by atoms with Gasteiger partial charge in [-0.15, -0.1) is 0 Å². The average Bonchev–Trinajstić information content (AvgIpc) is 2.10. The van der Waals surface area contributed by atoms with Crippen molar-refractivity contribution in [3.63, 3.8) is 0 Å². The van der Waals surface area contributed by atoms with Crippen molar-refractivity contribution in [2.45, 2.75) is 32.2 Å². The van der Waals surface area contributed by atoms with Crippen LogP contribution in [-0.4, -0.2) is 37.1 Å². The lowest BCUT2D eigenvalue weighted by atomic mass is 10.00. The van der Waals surface area contributed by atoms with Crippen LogP contribution < -0.4 is 10.6 Å². The summed E-state index contributed by atoms with van der Waals surface area (Å²) in [6.07, 6.45) is 1.46. The summed E-state index contributed by atoms with van der Waals surface area (Å²) < 4.78 is 0. The summed E-state index contributed by atoms with van der Waals surface area (Å²) in [4.78, 5) is 10.4. The van der Waals surface area contributed by atoms with E-state index in [2.05, 4.69) is 10.6 Å². The van der Waals surface area contributed by atoms with Crippen molar-refractivity contribution < 1.29 is 4.92 Å². The van der Waals surface area contributed by atoms with E-state index in [1.807, 2.05) is 7.05 Å². The van der Waals surface area contributed by atoms with Crippen molar-refractivity contribution in [1.29, 1.82) is 0 Å². The van der Waals surface area contributed by atoms with Gasteiger partial charge in [-0.3, -0.25) is 10.1 Å². The molecular weight excluding hydrogens is 182 g/mol. The molecule has 84 valence electrons. The van der Waals surface area contributed by atoms with Gasteiger partial charge in [0.1, 0.15) is 0 Å². The van der Waals surface area contributed by atoms with Crippen molar-refractivity contribution in [2.24, 2.45) is 0 Å². The highest BCUT2D eigenvalue weighted by molar-refractivity contribution is 4.67. The van der Waals surface area contributed by atoms with E-state index in [9.17, 15) is 10.1 Å². The second-order valence-corrected chi connectivity index (χ2v) is 4.03. The van der Waals surface area contributed by atoms with Gasteiger partial charge in [-0.05, 0) is 20.0 Å². The van der Waals surface area contributed by atoms with E-state index in [1.165, 1.54) is 0 Å². The van der Waals surface area contributed by atoms with Gasteiger partial charge in [0.15, 0.2) is 0 Å². The van der Waals surface area contributed by atoms with Crippen LogP contribution in [0.25, 0.3) is 0 Å². The topological polar surface area (TPSA) is 67.2 Å². The Hall–Kier alpha value is -0.680. The Kier molecular flexibility index (Phi) is 6.40. The second kappa shape index (κ2) is 6.73. The van der Waals surface area contributed by atoms with Crippen LogP contribution in [0, 0.1) is 10.1 Å². The molecule has 0 aromatic carbocycles. The van der Waals surface area contributed by atoms with Gasteiger partial charge in [-0.1, -0.05) is 0 Å². The van der Waals surface area contributed by atoms with E-state index in [1.54, 1.807) is 13.8 Å². The van der Waals surface area contributed by atoms with Crippen molar-refractivity contribution >= 4 is 0 Å². The Balaban J connectivity index is 3.40. The van der Waals surface area contributed by atoms with E-state index < -0.39 is 5.54 Å². The minimum absolute atomic E-state index is 0.208. The molecule has 5 heteroatoms. The number of hydrogen-bond donors (Lipinski definition) is 2. The number of hydrogen-bond acceptors (Lipinski definition) is 4. The molecule has 0 amide bonds. The molecule has 0 fully saturated rings. The summed E-state index contributed by atoms with van der Waals surface area (Å²) in [6, 6.07) is 0. The molecule has 0 saturated carbocycles. The van der Waals surface area contributed by atoms with Gasteiger partial charge in [-0.25, -0.2) is 0 Å². The van der Waals surface area contributed by atoms with Crippen LogP contribution in [0.4, 0.5) is 0 Å². The lowest BCUT2D eigenvalue weighted by Crippen LogP contribution is -2.32. The maximum absolute atomic E-state index is 10.6. The molecule has 0 aliphatic carbocycles. The summed E-state index contributed by atoms with van der Waals surface area (Å²) in [7, 11) is 1.90. The predicted octanol–water partition coefficient (Wildman–Crippen LogP) is 0.631. The highest BCUT2D eigenvalue weighted by atomic mass is 16.6. The first-order valence-corrected chi connectivity index (χ1v) is 5.00. The zero-order chi connectivity index (χ0) is 11.0. The van der Waals surface area contributed by atoms with E-state index in [4.69, 9.17) is 0 Å². The van der Waals surface area contributed by atoms with Crippen LogP contribution in [0.1, 0.15) is 26.7 Å². The Bertz CT molecular complexity index is 171. The molecule has 0 bridgehead atoms. The van der Waals surface area contributed by atoms with Crippen LogP contribution in [0.2, 0.25) is 0 Å². The molecule has 0 heterocycles. The fraction of sp³-hybridized carbons (Fsp3) is 1.00. The molecule has 0 atom stereocenters. The van der Waals surface area contributed by atoms with Crippen LogP contribution in [0.5, 0.6) is 0 Å². The third-order valence-electron chi connectivity index (χ3n) is 2.19. The normalized spacial score (nSPS) is 11.6. The smallest absolute Gasteiger partial charge is 0.216 e. The summed E-state index contributed by atoms with van der Waals surface area (Å²) in [5, 5.41) is 16.8. The largest absolute Gasteiger partial charge is 0.318 e. The summed E-state index contributed by atoms with van der Waals surface area (Å²) >= 11 is 0. The minimum Gasteiger partial charge on any atom is -0.318 e. The van der Waals surface area contributed by atoms with E-state index in [0.717, 1.165) is 26.1 Å². The van der Waals surface area contributed by atoms with Gasteiger partial charge in [-0.2, -0.15) is 0 Å². The molecule has 0 saturated heterocycles. The Morgan fingerprint density at radius 1 is 1.29 bits per heavy atom. The molecule has 0 rings (SSSR count). The third kappa shape index (κ3) is 5.88. The van der Waals surface area contributed by atoms with Gasteiger partial charge in [0.05, 0.1) is 0 Å². The standard InChI is InChI=1S/C9H21N3O2/c1-9(2,12(13)14)5-4-6-11-8-7-10-3/h10-11H,4-8H2,1-3H3. The van der Waals surface area contributed by atoms with Crippen LogP contribution in [0.15, 0.2) is 0 Å². The van der Waals surface area contributed by atoms with Crippen molar-refractivity contribution in [3.8, 4) is 0 Å². The maximum Gasteiger partial charge on any atom is 0.216 e. The Labute approximate surface area is 85.4 Å². The maximum atomic E-state index is 10.6. The molecular formula is C9H21N3O2. The molecule has 0 aromatic heterocycles. The Morgan fingerprint density at radius 2 is 1.93 bits per heavy atom. The zero-order valence-electron chi connectivity index (χ0n) is 9.30. The first-order chi connectivity index (χ1) is 6.50. The molecule has 0 aliphatic rings. The fourth-order valence-corrected chi connectivity index (χ4v) is 1.08. The molecule has 0 unspecified atom stereocenters. The fourth-order valence-electron chi connectivity index (χ4n) is 1.08. The number of nitrogens with zero attached hydrogens (tertiary/aromatic N) is 1. The zero-order valence-corrected chi connectivity index (χ0v) is 9.30. The first kappa shape index (κ1) is 13.3. The van der Waals surface area contributed by atoms with Gasteiger partial charge in [0.25, 0.3) is 0 Å². The molecule has 5 nitrogen and oxygen atoms in total. The van der Waals surface area contributed by atoms with E-state index >= 15 is 0 Å². The molecule has 0 spiro atoms. The van der Waals surface area contributed by atoms with Gasteiger partial charge in [0.2, 0.25) is 5.54 Å². The Morgan fingerprint density at radius 3 is 2.43 bits per heavy atom. The first-order valence-electron chi connectivity index (χ1n) is 5.00. The van der Waals surface area contributed by atoms with Gasteiger partial charge >= 0.3 is 0 Å². The molecule has 0 radical (unpaired) electrons. The number of rotatable bonds is 8. The minimum atomic E-state index is -0.787. The number of likely N-dealkylation sites (N-methyl/N-ethyl adjacent to an activating group) is 1. The van der Waals surface area contributed by atoms with E-state index in [-0.39, 0.29) is 4.92 Å². The van der Waals surface area contributed by atoms with Crippen molar-refractivity contribution in [1.82, 2.24) is 10.6 Å². The summed E-state index contributed by atoms with van der Waals surface area (Å²) in [6.45, 7) is 6.02. The molecule has 14 heavy (non-hydrogen) atoms. The molecule has 2 N–H and O–H groups in total. The third-order valence-corrected chi connectivity index (χ3v) is 2.19. The van der Waals surface area contributed by atoms with E-state index in [0.29, 0.717) is 6.42 Å². The van der Waals surface area contributed by atoms with Gasteiger partial charge in [0, 0.05) is 38.3 Å². The number of nitrogens with one attached hydrogen (secondary N) is 2. The second-order valence-electron chi connectivity index (χ2n) is 4.03. The predicted molar refractivity (Wildman–Crippen MR) is 57.1 cm³/mol. The van der Waals surface area contributed by atoms with Crippen LogP contribution in [0.3, 0.4) is 0 Å². The number of nitro groups is 1. The van der Waals surface area contributed by atoms with Gasteiger partial charge < -0.3 is 10.6 Å². The van der Waals surface area contributed by atoms with Crippen molar-refractivity contribution in [2.75, 3.05) is 26.7 Å². The SMILES string of the molecule is CNCCNCCCC(C)(C)[N+](=O)[O-].